The van der Waals surface area contributed by atoms with Gasteiger partial charge < -0.3 is 10.4 Å². The van der Waals surface area contributed by atoms with Crippen molar-refractivity contribution in [3.05, 3.63) is 35.4 Å². The van der Waals surface area contributed by atoms with E-state index in [0.29, 0.717) is 0 Å². The van der Waals surface area contributed by atoms with Crippen molar-refractivity contribution in [3.8, 4) is 0 Å². The molecule has 2 N–H and O–H groups in total. The Labute approximate surface area is 106 Å². The first-order chi connectivity index (χ1) is 8.45. The molecule has 0 aliphatic heterocycles. The van der Waals surface area contributed by atoms with Crippen molar-refractivity contribution in [1.82, 2.24) is 5.32 Å². The molecule has 18 heavy (non-hydrogen) atoms. The number of amides is 1. The van der Waals surface area contributed by atoms with Crippen LogP contribution < -0.4 is 5.32 Å². The Morgan fingerprint density at radius 3 is 2.56 bits per heavy atom. The Balaban J connectivity index is 2.17. The Morgan fingerprint density at radius 1 is 1.39 bits per heavy atom. The lowest BCUT2D eigenvalue weighted by molar-refractivity contribution is -0.141. The van der Waals surface area contributed by atoms with E-state index in [2.05, 4.69) is 5.32 Å². The normalized spacial score (nSPS) is 17.9. The fourth-order valence-electron chi connectivity index (χ4n) is 2.11. The number of hydrogen-bond donors (Lipinski definition) is 2. The van der Waals surface area contributed by atoms with Gasteiger partial charge in [0.25, 0.3) is 0 Å². The van der Waals surface area contributed by atoms with E-state index in [-0.39, 0.29) is 5.91 Å². The minimum absolute atomic E-state index is 0.178. The summed E-state index contributed by atoms with van der Waals surface area (Å²) in [5.74, 6) is -1.19. The van der Waals surface area contributed by atoms with Crippen molar-refractivity contribution < 1.29 is 14.7 Å². The molecule has 2 rings (SSSR count). The predicted octanol–water partition coefficient (Wildman–Crippen LogP) is 1.62. The Kier molecular flexibility index (Phi) is 3.11. The molecule has 0 unspecified atom stereocenters. The van der Waals surface area contributed by atoms with E-state index in [9.17, 15) is 9.59 Å². The summed E-state index contributed by atoms with van der Waals surface area (Å²) in [7, 11) is 0. The van der Waals surface area contributed by atoms with Crippen LogP contribution in [0.1, 0.15) is 30.9 Å². The van der Waals surface area contributed by atoms with Crippen LogP contribution in [-0.4, -0.2) is 23.0 Å². The first kappa shape index (κ1) is 12.6. The van der Waals surface area contributed by atoms with Gasteiger partial charge in [0.05, 0.1) is 5.41 Å². The number of aryl methyl sites for hydroxylation is 1. The van der Waals surface area contributed by atoms with Crippen molar-refractivity contribution in [2.75, 3.05) is 0 Å². The van der Waals surface area contributed by atoms with Crippen molar-refractivity contribution in [2.24, 2.45) is 0 Å². The van der Waals surface area contributed by atoms with Crippen LogP contribution in [0.15, 0.2) is 24.3 Å². The van der Waals surface area contributed by atoms with E-state index < -0.39 is 17.4 Å². The molecular weight excluding hydrogens is 230 g/mol. The monoisotopic (exact) mass is 247 g/mol. The third-order valence-corrected chi connectivity index (χ3v) is 3.47. The second-order valence-electron chi connectivity index (χ2n) is 4.98. The molecular formula is C14H17NO3. The van der Waals surface area contributed by atoms with Gasteiger partial charge in [0.1, 0.15) is 6.04 Å². The molecule has 0 saturated heterocycles. The van der Waals surface area contributed by atoms with E-state index in [1.54, 1.807) is 0 Å². The summed E-state index contributed by atoms with van der Waals surface area (Å²) in [5.41, 5.74) is 1.59. The zero-order valence-corrected chi connectivity index (χ0v) is 10.6. The summed E-state index contributed by atoms with van der Waals surface area (Å²) in [6, 6.07) is 7.00. The van der Waals surface area contributed by atoms with Crippen LogP contribution in [0, 0.1) is 6.92 Å². The molecule has 0 spiro atoms. The standard InChI is InChI=1S/C14H17NO3/c1-9-4-3-5-11(8-9)14(6-7-14)13(18)15-10(2)12(16)17/h3-5,8,10H,6-7H2,1-2H3,(H,15,18)(H,16,17)/t10-/m0/s1. The lowest BCUT2D eigenvalue weighted by Crippen LogP contribution is -2.43. The first-order valence-corrected chi connectivity index (χ1v) is 6.07. The summed E-state index contributed by atoms with van der Waals surface area (Å²) in [6.45, 7) is 3.46. The number of hydrogen-bond acceptors (Lipinski definition) is 2. The molecule has 4 heteroatoms. The molecule has 4 nitrogen and oxygen atoms in total. The molecule has 1 amide bonds. The highest BCUT2D eigenvalue weighted by Crippen LogP contribution is 2.48. The molecule has 96 valence electrons. The van der Waals surface area contributed by atoms with Gasteiger partial charge in [-0.25, -0.2) is 0 Å². The van der Waals surface area contributed by atoms with Gasteiger partial charge >= 0.3 is 5.97 Å². The lowest BCUT2D eigenvalue weighted by Gasteiger charge is -2.18. The van der Waals surface area contributed by atoms with Crippen LogP contribution in [-0.2, 0) is 15.0 Å². The fourth-order valence-corrected chi connectivity index (χ4v) is 2.11. The van der Waals surface area contributed by atoms with E-state index in [0.717, 1.165) is 24.0 Å². The number of benzene rings is 1. The molecule has 1 aliphatic carbocycles. The minimum Gasteiger partial charge on any atom is -0.480 e. The SMILES string of the molecule is Cc1cccc(C2(C(=O)N[C@@H](C)C(=O)O)CC2)c1. The zero-order valence-electron chi connectivity index (χ0n) is 10.6. The van der Waals surface area contributed by atoms with Crippen molar-refractivity contribution >= 4 is 11.9 Å². The van der Waals surface area contributed by atoms with Crippen LogP contribution >= 0.6 is 0 Å². The van der Waals surface area contributed by atoms with Gasteiger partial charge in [-0.1, -0.05) is 29.8 Å². The number of carboxylic acid groups (broad SMARTS) is 1. The third kappa shape index (κ3) is 2.23. The molecule has 1 saturated carbocycles. The average Bonchev–Trinajstić information content (AvgIpc) is 3.09. The topological polar surface area (TPSA) is 66.4 Å². The van der Waals surface area contributed by atoms with Crippen LogP contribution in [0.5, 0.6) is 0 Å². The predicted molar refractivity (Wildman–Crippen MR) is 67.3 cm³/mol. The molecule has 1 aliphatic rings. The smallest absolute Gasteiger partial charge is 0.325 e. The van der Waals surface area contributed by atoms with Crippen LogP contribution in [0.3, 0.4) is 0 Å². The average molecular weight is 247 g/mol. The first-order valence-electron chi connectivity index (χ1n) is 6.07. The highest BCUT2D eigenvalue weighted by atomic mass is 16.4. The highest BCUT2D eigenvalue weighted by molar-refractivity contribution is 5.93. The lowest BCUT2D eigenvalue weighted by atomic mass is 9.93. The van der Waals surface area contributed by atoms with E-state index in [1.165, 1.54) is 6.92 Å². The van der Waals surface area contributed by atoms with Crippen LogP contribution in [0.25, 0.3) is 0 Å². The van der Waals surface area contributed by atoms with Gasteiger partial charge in [0.2, 0.25) is 5.91 Å². The second-order valence-corrected chi connectivity index (χ2v) is 4.98. The van der Waals surface area contributed by atoms with Gasteiger partial charge in [-0.2, -0.15) is 0 Å². The molecule has 0 aromatic heterocycles. The summed E-state index contributed by atoms with van der Waals surface area (Å²) in [6.07, 6.45) is 1.57. The molecule has 1 fully saturated rings. The number of carbonyl (C=O) groups excluding carboxylic acids is 1. The Morgan fingerprint density at radius 2 is 2.06 bits per heavy atom. The number of carboxylic acids is 1. The van der Waals surface area contributed by atoms with Gasteiger partial charge in [-0.3, -0.25) is 9.59 Å². The minimum atomic E-state index is -1.01. The largest absolute Gasteiger partial charge is 0.480 e. The summed E-state index contributed by atoms with van der Waals surface area (Å²) < 4.78 is 0. The summed E-state index contributed by atoms with van der Waals surface area (Å²) in [4.78, 5) is 22.9. The number of aliphatic carboxylic acids is 1. The molecule has 1 atom stereocenters. The molecule has 1 aromatic carbocycles. The highest BCUT2D eigenvalue weighted by Gasteiger charge is 2.51. The number of rotatable bonds is 4. The fraction of sp³-hybridized carbons (Fsp3) is 0.429. The van der Waals surface area contributed by atoms with Crippen molar-refractivity contribution in [1.29, 1.82) is 0 Å². The number of nitrogens with one attached hydrogen (secondary N) is 1. The van der Waals surface area contributed by atoms with Gasteiger partial charge in [-0.05, 0) is 32.3 Å². The van der Waals surface area contributed by atoms with Crippen LogP contribution in [0.2, 0.25) is 0 Å². The summed E-state index contributed by atoms with van der Waals surface area (Å²) in [5, 5.41) is 11.4. The Bertz CT molecular complexity index is 492. The number of carbonyl (C=O) groups is 2. The van der Waals surface area contributed by atoms with E-state index >= 15 is 0 Å². The second kappa shape index (κ2) is 4.44. The van der Waals surface area contributed by atoms with Gasteiger partial charge in [-0.15, -0.1) is 0 Å². The van der Waals surface area contributed by atoms with E-state index in [4.69, 9.17) is 5.11 Å². The van der Waals surface area contributed by atoms with E-state index in [1.807, 2.05) is 31.2 Å². The summed E-state index contributed by atoms with van der Waals surface area (Å²) >= 11 is 0. The quantitative estimate of drug-likeness (QED) is 0.849. The molecule has 0 radical (unpaired) electrons. The maximum Gasteiger partial charge on any atom is 0.325 e. The maximum atomic E-state index is 12.2. The molecule has 0 heterocycles. The van der Waals surface area contributed by atoms with Crippen molar-refractivity contribution in [2.45, 2.75) is 38.1 Å². The van der Waals surface area contributed by atoms with Crippen LogP contribution in [0.4, 0.5) is 0 Å². The van der Waals surface area contributed by atoms with Gasteiger partial charge in [0, 0.05) is 0 Å². The van der Waals surface area contributed by atoms with Gasteiger partial charge in [0.15, 0.2) is 0 Å². The Hall–Kier alpha value is -1.84. The zero-order chi connectivity index (χ0) is 13.3. The third-order valence-electron chi connectivity index (χ3n) is 3.47. The molecule has 1 aromatic rings. The molecule has 0 bridgehead atoms. The van der Waals surface area contributed by atoms with Crippen molar-refractivity contribution in [3.63, 3.8) is 0 Å². The maximum absolute atomic E-state index is 12.2.